The maximum atomic E-state index is 14.0. The van der Waals surface area contributed by atoms with Crippen LogP contribution in [0, 0.1) is 11.3 Å². The number of halogens is 1. The second-order valence-electron chi connectivity index (χ2n) is 6.97. The van der Waals surface area contributed by atoms with Gasteiger partial charge in [0.05, 0.1) is 6.54 Å². The molecular formula is C15H24FNO3. The topological polar surface area (TPSA) is 57.6 Å². The third kappa shape index (κ3) is 2.96. The van der Waals surface area contributed by atoms with Crippen molar-refractivity contribution in [1.29, 1.82) is 0 Å². The van der Waals surface area contributed by atoms with E-state index in [-0.39, 0.29) is 30.8 Å². The molecule has 2 aliphatic rings. The van der Waals surface area contributed by atoms with Crippen LogP contribution in [-0.2, 0) is 9.59 Å². The van der Waals surface area contributed by atoms with Gasteiger partial charge >= 0.3 is 5.97 Å². The highest BCUT2D eigenvalue weighted by Crippen LogP contribution is 2.42. The Morgan fingerprint density at radius 1 is 1.30 bits per heavy atom. The van der Waals surface area contributed by atoms with Gasteiger partial charge in [0, 0.05) is 19.4 Å². The molecule has 0 aromatic heterocycles. The molecule has 0 radical (unpaired) electrons. The van der Waals surface area contributed by atoms with E-state index in [4.69, 9.17) is 5.11 Å². The van der Waals surface area contributed by atoms with Crippen LogP contribution in [0.2, 0.25) is 0 Å². The normalized spacial score (nSPS) is 33.1. The Bertz CT molecular complexity index is 410. The molecule has 2 fully saturated rings. The molecule has 1 N–H and O–H groups in total. The first-order valence-corrected chi connectivity index (χ1v) is 7.45. The maximum Gasteiger partial charge on any atom is 0.343 e. The number of carboxylic acids is 1. The summed E-state index contributed by atoms with van der Waals surface area (Å²) in [5.74, 6) is -1.22. The van der Waals surface area contributed by atoms with Gasteiger partial charge in [0.1, 0.15) is 0 Å². The van der Waals surface area contributed by atoms with E-state index in [2.05, 4.69) is 13.8 Å². The van der Waals surface area contributed by atoms with E-state index in [0.29, 0.717) is 12.3 Å². The summed E-state index contributed by atoms with van der Waals surface area (Å²) in [6.45, 7) is 4.29. The van der Waals surface area contributed by atoms with Crippen molar-refractivity contribution in [3.63, 3.8) is 0 Å². The Hall–Kier alpha value is -1.13. The predicted molar refractivity (Wildman–Crippen MR) is 73.0 cm³/mol. The van der Waals surface area contributed by atoms with Crippen molar-refractivity contribution in [1.82, 2.24) is 4.90 Å². The maximum absolute atomic E-state index is 14.0. The first kappa shape index (κ1) is 15.3. The molecule has 2 unspecified atom stereocenters. The average molecular weight is 285 g/mol. The smallest absolute Gasteiger partial charge is 0.343 e. The summed E-state index contributed by atoms with van der Waals surface area (Å²) in [6, 6.07) is 0. The van der Waals surface area contributed by atoms with E-state index in [0.717, 1.165) is 19.3 Å². The molecule has 5 heteroatoms. The number of likely N-dealkylation sites (tertiary alicyclic amines) is 1. The van der Waals surface area contributed by atoms with E-state index in [9.17, 15) is 14.0 Å². The van der Waals surface area contributed by atoms with E-state index < -0.39 is 11.6 Å². The van der Waals surface area contributed by atoms with Crippen molar-refractivity contribution in [3.8, 4) is 0 Å². The fourth-order valence-electron chi connectivity index (χ4n) is 3.44. The molecule has 4 nitrogen and oxygen atoms in total. The molecule has 2 atom stereocenters. The highest BCUT2D eigenvalue weighted by molar-refractivity contribution is 5.82. The van der Waals surface area contributed by atoms with Gasteiger partial charge in [-0.05, 0) is 24.2 Å². The fourth-order valence-corrected chi connectivity index (χ4v) is 3.44. The van der Waals surface area contributed by atoms with Crippen LogP contribution in [0.4, 0.5) is 4.39 Å². The summed E-state index contributed by atoms with van der Waals surface area (Å²) >= 11 is 0. The Morgan fingerprint density at radius 3 is 2.55 bits per heavy atom. The number of nitrogens with zero attached hydrogens (tertiary/aromatic N) is 1. The lowest BCUT2D eigenvalue weighted by Gasteiger charge is -2.39. The number of hydrogen-bond donors (Lipinski definition) is 1. The summed E-state index contributed by atoms with van der Waals surface area (Å²) in [5, 5.41) is 8.86. The molecule has 0 aromatic carbocycles. The number of amides is 1. The molecule has 1 saturated heterocycles. The summed E-state index contributed by atoms with van der Waals surface area (Å²) < 4.78 is 14.0. The highest BCUT2D eigenvalue weighted by Gasteiger charge is 2.47. The SMILES string of the molecule is CC1(C)CCCCC1CC(=O)N1CCC(F)(C(=O)O)C1. The number of aliphatic carboxylic acids is 1. The second kappa shape index (κ2) is 5.34. The lowest BCUT2D eigenvalue weighted by atomic mass is 9.67. The lowest BCUT2D eigenvalue weighted by molar-refractivity contribution is -0.150. The zero-order chi connectivity index (χ0) is 15.0. The molecule has 0 bridgehead atoms. The summed E-state index contributed by atoms with van der Waals surface area (Å²) in [4.78, 5) is 24.5. The van der Waals surface area contributed by atoms with E-state index >= 15 is 0 Å². The van der Waals surface area contributed by atoms with Gasteiger partial charge in [-0.25, -0.2) is 9.18 Å². The van der Waals surface area contributed by atoms with Crippen molar-refractivity contribution in [2.24, 2.45) is 11.3 Å². The average Bonchev–Trinajstić information content (AvgIpc) is 2.76. The number of rotatable bonds is 3. The lowest BCUT2D eigenvalue weighted by Crippen LogP contribution is -2.40. The van der Waals surface area contributed by atoms with Crippen molar-refractivity contribution in [2.75, 3.05) is 13.1 Å². The van der Waals surface area contributed by atoms with Crippen LogP contribution >= 0.6 is 0 Å². The Kier molecular flexibility index (Phi) is 4.07. The summed E-state index contributed by atoms with van der Waals surface area (Å²) in [6.07, 6.45) is 4.82. The van der Waals surface area contributed by atoms with Crippen molar-refractivity contribution in [3.05, 3.63) is 0 Å². The van der Waals surface area contributed by atoms with Crippen molar-refractivity contribution < 1.29 is 19.1 Å². The number of carbonyl (C=O) groups is 2. The summed E-state index contributed by atoms with van der Waals surface area (Å²) in [7, 11) is 0. The number of hydrogen-bond acceptors (Lipinski definition) is 2. The van der Waals surface area contributed by atoms with E-state index in [1.54, 1.807) is 0 Å². The largest absolute Gasteiger partial charge is 0.479 e. The standard InChI is InChI=1S/C15H24FNO3/c1-14(2)6-4-3-5-11(14)9-12(18)17-8-7-15(16,10-17)13(19)20/h11H,3-10H2,1-2H3,(H,19,20). The van der Waals surface area contributed by atoms with Gasteiger partial charge in [-0.2, -0.15) is 0 Å². The third-order valence-corrected chi connectivity index (χ3v) is 5.11. The van der Waals surface area contributed by atoms with Crippen LogP contribution in [0.1, 0.15) is 52.4 Å². The fraction of sp³-hybridized carbons (Fsp3) is 0.867. The Labute approximate surface area is 119 Å². The molecule has 1 saturated carbocycles. The Morgan fingerprint density at radius 2 is 2.00 bits per heavy atom. The van der Waals surface area contributed by atoms with Gasteiger partial charge in [-0.15, -0.1) is 0 Å². The monoisotopic (exact) mass is 285 g/mol. The molecule has 2 rings (SSSR count). The van der Waals surface area contributed by atoms with Gasteiger partial charge < -0.3 is 10.0 Å². The van der Waals surface area contributed by atoms with Crippen LogP contribution < -0.4 is 0 Å². The first-order chi connectivity index (χ1) is 9.24. The highest BCUT2D eigenvalue weighted by atomic mass is 19.1. The van der Waals surface area contributed by atoms with E-state index in [1.165, 1.54) is 11.3 Å². The van der Waals surface area contributed by atoms with Crippen LogP contribution in [0.5, 0.6) is 0 Å². The van der Waals surface area contributed by atoms with Crippen molar-refractivity contribution in [2.45, 2.75) is 58.0 Å². The van der Waals surface area contributed by atoms with Gasteiger partial charge in [-0.3, -0.25) is 4.79 Å². The molecule has 1 amide bonds. The van der Waals surface area contributed by atoms with Gasteiger partial charge in [-0.1, -0.05) is 26.7 Å². The number of carbonyl (C=O) groups excluding carboxylic acids is 1. The molecule has 1 aliphatic carbocycles. The van der Waals surface area contributed by atoms with Crippen LogP contribution in [0.15, 0.2) is 0 Å². The van der Waals surface area contributed by atoms with Crippen molar-refractivity contribution >= 4 is 11.9 Å². The third-order valence-electron chi connectivity index (χ3n) is 5.11. The van der Waals surface area contributed by atoms with Gasteiger partial charge in [0.15, 0.2) is 0 Å². The number of alkyl halides is 1. The van der Waals surface area contributed by atoms with Gasteiger partial charge in [0.25, 0.3) is 0 Å². The first-order valence-electron chi connectivity index (χ1n) is 7.45. The molecule has 1 heterocycles. The zero-order valence-electron chi connectivity index (χ0n) is 12.3. The molecule has 20 heavy (non-hydrogen) atoms. The minimum Gasteiger partial charge on any atom is -0.479 e. The number of carboxylic acid groups (broad SMARTS) is 1. The minimum atomic E-state index is -2.25. The summed E-state index contributed by atoms with van der Waals surface area (Å²) in [5.41, 5.74) is -2.11. The van der Waals surface area contributed by atoms with Crippen LogP contribution in [0.25, 0.3) is 0 Å². The minimum absolute atomic E-state index is 0.0919. The predicted octanol–water partition coefficient (Wildman–Crippen LogP) is 2.62. The molecule has 1 aliphatic heterocycles. The van der Waals surface area contributed by atoms with Gasteiger partial charge in [0.2, 0.25) is 11.6 Å². The molecule has 0 aromatic rings. The quantitative estimate of drug-likeness (QED) is 0.867. The Balaban J connectivity index is 1.94. The molecular weight excluding hydrogens is 261 g/mol. The molecule has 0 spiro atoms. The second-order valence-corrected chi connectivity index (χ2v) is 6.97. The zero-order valence-corrected chi connectivity index (χ0v) is 12.3. The van der Waals surface area contributed by atoms with E-state index in [1.807, 2.05) is 0 Å². The molecule has 114 valence electrons. The van der Waals surface area contributed by atoms with Crippen LogP contribution in [0.3, 0.4) is 0 Å². The van der Waals surface area contributed by atoms with Crippen LogP contribution in [-0.4, -0.2) is 40.6 Å².